The van der Waals surface area contributed by atoms with Gasteiger partial charge < -0.3 is 10.1 Å². The van der Waals surface area contributed by atoms with Crippen LogP contribution in [-0.2, 0) is 14.3 Å². The van der Waals surface area contributed by atoms with E-state index >= 15 is 0 Å². The minimum atomic E-state index is -0.583. The smallest absolute Gasteiger partial charge is 0.330 e. The van der Waals surface area contributed by atoms with E-state index < -0.39 is 18.5 Å². The number of benzene rings is 1. The Balaban J connectivity index is 2.10. The lowest BCUT2D eigenvalue weighted by Crippen LogP contribution is -2.21. The minimum absolute atomic E-state index is 0.396. The van der Waals surface area contributed by atoms with Crippen LogP contribution in [0.25, 0.3) is 5.69 Å². The lowest BCUT2D eigenvalue weighted by Gasteiger charge is -2.11. The third-order valence-corrected chi connectivity index (χ3v) is 2.78. The summed E-state index contributed by atoms with van der Waals surface area (Å²) in [5.74, 6) is -1.07. The minimum Gasteiger partial charge on any atom is -0.452 e. The van der Waals surface area contributed by atoms with Crippen molar-refractivity contribution in [1.82, 2.24) is 14.8 Å². The van der Waals surface area contributed by atoms with Crippen LogP contribution in [0.4, 0.5) is 5.69 Å². The number of nitrogens with one attached hydrogen (secondary N) is 1. The van der Waals surface area contributed by atoms with E-state index in [4.69, 9.17) is 16.3 Å². The van der Waals surface area contributed by atoms with E-state index in [1.165, 1.54) is 29.5 Å². The van der Waals surface area contributed by atoms with Crippen molar-refractivity contribution in [3.05, 3.63) is 48.0 Å². The standard InChI is InChI=1S/C14H13ClN4O3/c1-2-3-14(21)22-7-13(20)18-11-6-10(15)4-5-12(11)19-9-16-8-17-19/h2-6,8-9H,7H2,1H3,(H,18,20)/b3-2+. The normalized spacial score (nSPS) is 10.6. The fourth-order valence-corrected chi connectivity index (χ4v) is 1.82. The van der Waals surface area contributed by atoms with Crippen molar-refractivity contribution in [3.8, 4) is 5.69 Å². The highest BCUT2D eigenvalue weighted by atomic mass is 35.5. The van der Waals surface area contributed by atoms with Crippen LogP contribution in [0.3, 0.4) is 0 Å². The van der Waals surface area contributed by atoms with Crippen molar-refractivity contribution in [3.63, 3.8) is 0 Å². The molecule has 1 N–H and O–H groups in total. The molecule has 0 fully saturated rings. The third kappa shape index (κ3) is 4.16. The van der Waals surface area contributed by atoms with Crippen molar-refractivity contribution in [2.24, 2.45) is 0 Å². The lowest BCUT2D eigenvalue weighted by molar-refractivity contribution is -0.142. The summed E-state index contributed by atoms with van der Waals surface area (Å²) in [4.78, 5) is 26.9. The molecule has 0 saturated carbocycles. The van der Waals surface area contributed by atoms with Crippen LogP contribution in [0.2, 0.25) is 5.02 Å². The van der Waals surface area contributed by atoms with Gasteiger partial charge in [-0.25, -0.2) is 14.5 Å². The van der Waals surface area contributed by atoms with Gasteiger partial charge in [-0.1, -0.05) is 17.7 Å². The Bertz CT molecular complexity index is 698. The highest BCUT2D eigenvalue weighted by molar-refractivity contribution is 6.31. The maximum Gasteiger partial charge on any atom is 0.330 e. The highest BCUT2D eigenvalue weighted by Crippen LogP contribution is 2.23. The molecule has 22 heavy (non-hydrogen) atoms. The maximum atomic E-state index is 11.9. The first-order valence-electron chi connectivity index (χ1n) is 6.34. The quantitative estimate of drug-likeness (QED) is 0.672. The van der Waals surface area contributed by atoms with Gasteiger partial charge in [-0.2, -0.15) is 5.10 Å². The second-order valence-corrected chi connectivity index (χ2v) is 4.59. The first-order chi connectivity index (χ1) is 10.6. The predicted molar refractivity (Wildman–Crippen MR) is 80.8 cm³/mol. The SMILES string of the molecule is C/C=C/C(=O)OCC(=O)Nc1cc(Cl)ccc1-n1cncn1. The molecule has 2 rings (SSSR count). The van der Waals surface area contributed by atoms with Crippen LogP contribution in [0.5, 0.6) is 0 Å². The van der Waals surface area contributed by atoms with Crippen LogP contribution >= 0.6 is 11.6 Å². The van der Waals surface area contributed by atoms with E-state index in [9.17, 15) is 9.59 Å². The van der Waals surface area contributed by atoms with E-state index in [1.54, 1.807) is 25.1 Å². The maximum absolute atomic E-state index is 11.9. The second-order valence-electron chi connectivity index (χ2n) is 4.16. The molecule has 0 aliphatic heterocycles. The first-order valence-corrected chi connectivity index (χ1v) is 6.72. The highest BCUT2D eigenvalue weighted by Gasteiger charge is 2.11. The largest absolute Gasteiger partial charge is 0.452 e. The molecule has 7 nitrogen and oxygen atoms in total. The molecule has 0 bridgehead atoms. The van der Waals surface area contributed by atoms with Crippen LogP contribution in [-0.4, -0.2) is 33.2 Å². The molecule has 0 aliphatic rings. The number of hydrogen-bond acceptors (Lipinski definition) is 5. The summed E-state index contributed by atoms with van der Waals surface area (Å²) in [6, 6.07) is 4.93. The number of hydrogen-bond donors (Lipinski definition) is 1. The number of esters is 1. The van der Waals surface area contributed by atoms with Gasteiger partial charge in [-0.3, -0.25) is 4.79 Å². The Hall–Kier alpha value is -2.67. The number of rotatable bonds is 5. The van der Waals surface area contributed by atoms with Gasteiger partial charge in [-0.15, -0.1) is 0 Å². The number of ether oxygens (including phenoxy) is 1. The van der Waals surface area contributed by atoms with Gasteiger partial charge in [-0.05, 0) is 25.1 Å². The molecule has 0 unspecified atom stereocenters. The number of halogens is 1. The van der Waals surface area contributed by atoms with Gasteiger partial charge in [0, 0.05) is 11.1 Å². The summed E-state index contributed by atoms with van der Waals surface area (Å²) < 4.78 is 6.26. The van der Waals surface area contributed by atoms with Crippen LogP contribution < -0.4 is 5.32 Å². The van der Waals surface area contributed by atoms with Crippen molar-refractivity contribution in [2.75, 3.05) is 11.9 Å². The molecule has 2 aromatic rings. The number of carbonyl (C=O) groups excluding carboxylic acids is 2. The summed E-state index contributed by atoms with van der Waals surface area (Å²) in [5.41, 5.74) is 1.03. The van der Waals surface area contributed by atoms with Gasteiger partial charge in [0.25, 0.3) is 5.91 Å². The van der Waals surface area contributed by atoms with E-state index in [0.29, 0.717) is 16.4 Å². The van der Waals surface area contributed by atoms with Crippen molar-refractivity contribution < 1.29 is 14.3 Å². The van der Waals surface area contributed by atoms with Gasteiger partial charge in [0.2, 0.25) is 0 Å². The molecule has 0 spiro atoms. The molecule has 1 aromatic heterocycles. The average Bonchev–Trinajstić information content (AvgIpc) is 3.00. The summed E-state index contributed by atoms with van der Waals surface area (Å²) in [6.45, 7) is 1.28. The molecular weight excluding hydrogens is 308 g/mol. The number of allylic oxidation sites excluding steroid dienone is 1. The zero-order valence-corrected chi connectivity index (χ0v) is 12.4. The molecule has 0 saturated heterocycles. The fraction of sp³-hybridized carbons (Fsp3) is 0.143. The molecule has 1 amide bonds. The Morgan fingerprint density at radius 3 is 2.95 bits per heavy atom. The van der Waals surface area contributed by atoms with Crippen LogP contribution in [0.15, 0.2) is 43.0 Å². The van der Waals surface area contributed by atoms with E-state index in [0.717, 1.165) is 0 Å². The summed E-state index contributed by atoms with van der Waals surface area (Å²) in [5, 5.41) is 7.07. The Labute approximate surface area is 131 Å². The topological polar surface area (TPSA) is 86.1 Å². The lowest BCUT2D eigenvalue weighted by atomic mass is 10.2. The number of nitrogens with zero attached hydrogens (tertiary/aromatic N) is 3. The Morgan fingerprint density at radius 1 is 1.45 bits per heavy atom. The zero-order chi connectivity index (χ0) is 15.9. The molecule has 0 aliphatic carbocycles. The van der Waals surface area contributed by atoms with Crippen molar-refractivity contribution >= 4 is 29.2 Å². The van der Waals surface area contributed by atoms with E-state index in [2.05, 4.69) is 15.4 Å². The fourth-order valence-electron chi connectivity index (χ4n) is 1.65. The molecule has 0 radical (unpaired) electrons. The molecule has 0 atom stereocenters. The van der Waals surface area contributed by atoms with Gasteiger partial charge in [0.1, 0.15) is 12.7 Å². The molecule has 1 heterocycles. The van der Waals surface area contributed by atoms with Crippen LogP contribution in [0.1, 0.15) is 6.92 Å². The molecule has 114 valence electrons. The van der Waals surface area contributed by atoms with Crippen molar-refractivity contribution in [2.45, 2.75) is 6.92 Å². The predicted octanol–water partition coefficient (Wildman–Crippen LogP) is 1.98. The monoisotopic (exact) mass is 320 g/mol. The number of carbonyl (C=O) groups is 2. The summed E-state index contributed by atoms with van der Waals surface area (Å²) in [7, 11) is 0. The van der Waals surface area contributed by atoms with Gasteiger partial charge in [0.05, 0.1) is 11.4 Å². The Kier molecular flexibility index (Phi) is 5.26. The van der Waals surface area contributed by atoms with Gasteiger partial charge in [0.15, 0.2) is 6.61 Å². The molecule has 1 aromatic carbocycles. The first kappa shape index (κ1) is 15.7. The Morgan fingerprint density at radius 2 is 2.27 bits per heavy atom. The summed E-state index contributed by atoms with van der Waals surface area (Å²) >= 11 is 5.94. The van der Waals surface area contributed by atoms with Crippen LogP contribution in [0, 0.1) is 0 Å². The number of aromatic nitrogens is 3. The number of amides is 1. The van der Waals surface area contributed by atoms with E-state index in [1.807, 2.05) is 0 Å². The van der Waals surface area contributed by atoms with Gasteiger partial charge >= 0.3 is 5.97 Å². The molecule has 8 heteroatoms. The zero-order valence-electron chi connectivity index (χ0n) is 11.7. The third-order valence-electron chi connectivity index (χ3n) is 2.55. The summed E-state index contributed by atoms with van der Waals surface area (Å²) in [6.07, 6.45) is 5.62. The van der Waals surface area contributed by atoms with E-state index in [-0.39, 0.29) is 0 Å². The average molecular weight is 321 g/mol. The second kappa shape index (κ2) is 7.37. The van der Waals surface area contributed by atoms with Crippen molar-refractivity contribution in [1.29, 1.82) is 0 Å². The molecular formula is C14H13ClN4O3. The number of anilines is 1.